The molecule has 1 aromatic heterocycles. The Morgan fingerprint density at radius 1 is 0.773 bits per heavy atom. The minimum atomic E-state index is -0.648. The molecule has 0 saturated heterocycles. The lowest BCUT2D eigenvalue weighted by Crippen LogP contribution is -2.17. The van der Waals surface area contributed by atoms with Crippen LogP contribution in [0, 0.1) is 10.4 Å². The van der Waals surface area contributed by atoms with Crippen molar-refractivity contribution in [2.24, 2.45) is 10.2 Å². The van der Waals surface area contributed by atoms with Crippen molar-refractivity contribution >= 4 is 23.3 Å². The summed E-state index contributed by atoms with van der Waals surface area (Å²) in [7, 11) is 0. The number of hydrogen-bond acceptors (Lipinski definition) is 8. The van der Waals surface area contributed by atoms with Gasteiger partial charge in [0.15, 0.2) is 0 Å². The lowest BCUT2D eigenvalue weighted by atomic mass is 10.1. The second kappa shape index (κ2) is 5.70. The van der Waals surface area contributed by atoms with Crippen molar-refractivity contribution in [2.45, 2.75) is 52.6 Å². The minimum absolute atomic E-state index is 0.214. The monoisotopic (exact) mass is 310 g/mol. The summed E-state index contributed by atoms with van der Waals surface area (Å²) in [5.74, 6) is -1.03. The second-order valence-corrected chi connectivity index (χ2v) is 6.73. The van der Waals surface area contributed by atoms with Gasteiger partial charge >= 0.3 is 11.6 Å². The highest BCUT2D eigenvalue weighted by Gasteiger charge is 2.25. The second-order valence-electron chi connectivity index (χ2n) is 6.73. The fourth-order valence-corrected chi connectivity index (χ4v) is 1.37. The summed E-state index contributed by atoms with van der Waals surface area (Å²) in [5.41, 5.74) is 9.97. The average molecular weight is 310 g/mol. The molecule has 1 aromatic rings. The number of rotatable bonds is 2. The molecule has 0 atom stereocenters. The number of hydrogen-bond donors (Lipinski definition) is 2. The van der Waals surface area contributed by atoms with E-state index in [0.29, 0.717) is 0 Å². The quantitative estimate of drug-likeness (QED) is 0.485. The Kier molecular flexibility index (Phi) is 4.54. The highest BCUT2D eigenvalue weighted by atomic mass is 16.5. The van der Waals surface area contributed by atoms with Gasteiger partial charge in [-0.1, -0.05) is 0 Å². The molecule has 1 rings (SSSR count). The third kappa shape index (κ3) is 4.79. The molecule has 22 heavy (non-hydrogen) atoms. The van der Waals surface area contributed by atoms with Gasteiger partial charge in [0.1, 0.15) is 0 Å². The van der Waals surface area contributed by atoms with E-state index in [4.69, 9.17) is 11.5 Å². The molecule has 0 aliphatic rings. The molecule has 10 nitrogen and oxygen atoms in total. The Morgan fingerprint density at radius 2 is 1.09 bits per heavy atom. The molecule has 4 N–H and O–H groups in total. The predicted molar refractivity (Wildman–Crippen MR) is 81.8 cm³/mol. The molecule has 1 heterocycles. The van der Waals surface area contributed by atoms with Gasteiger partial charge in [0, 0.05) is 4.98 Å². The van der Waals surface area contributed by atoms with E-state index in [-0.39, 0.29) is 33.0 Å². The van der Waals surface area contributed by atoms with E-state index in [1.807, 2.05) is 0 Å². The Morgan fingerprint density at radius 3 is 1.36 bits per heavy atom. The zero-order valence-corrected chi connectivity index (χ0v) is 13.7. The highest BCUT2D eigenvalue weighted by Crippen LogP contribution is 2.27. The van der Waals surface area contributed by atoms with Crippen molar-refractivity contribution in [3.63, 3.8) is 0 Å². The van der Waals surface area contributed by atoms with Gasteiger partial charge in [-0.25, -0.2) is 0 Å². The SMILES string of the molecule is CC(C)(C)N=[N+]([O-])c1nc([N+]([O-])=NC(C)(C)C)c(N)nc1N. The van der Waals surface area contributed by atoms with Crippen LogP contribution >= 0.6 is 0 Å². The fraction of sp³-hybridized carbons (Fsp3) is 0.667. The zero-order chi connectivity index (χ0) is 17.3. The van der Waals surface area contributed by atoms with E-state index < -0.39 is 11.1 Å². The summed E-state index contributed by atoms with van der Waals surface area (Å²) in [6.45, 7) is 10.4. The van der Waals surface area contributed by atoms with Crippen LogP contribution < -0.4 is 11.5 Å². The molecule has 0 unspecified atom stereocenters. The number of aromatic nitrogens is 2. The van der Waals surface area contributed by atoms with E-state index in [2.05, 4.69) is 20.2 Å². The van der Waals surface area contributed by atoms with Gasteiger partial charge in [-0.05, 0) is 41.5 Å². The first-order chi connectivity index (χ1) is 9.80. The van der Waals surface area contributed by atoms with E-state index in [9.17, 15) is 10.4 Å². The fourth-order valence-electron chi connectivity index (χ4n) is 1.37. The van der Waals surface area contributed by atoms with Gasteiger partial charge in [0.05, 0.1) is 11.1 Å². The summed E-state index contributed by atoms with van der Waals surface area (Å²) in [6, 6.07) is 0. The Hall–Kier alpha value is -2.52. The molecule has 0 amide bonds. The molecule has 0 bridgehead atoms. The summed E-state index contributed by atoms with van der Waals surface area (Å²) < 4.78 is 0. The van der Waals surface area contributed by atoms with Crippen molar-refractivity contribution in [3.8, 4) is 0 Å². The van der Waals surface area contributed by atoms with Crippen LogP contribution in [0.25, 0.3) is 0 Å². The van der Waals surface area contributed by atoms with Crippen LogP contribution in [0.3, 0.4) is 0 Å². The lowest BCUT2D eigenvalue weighted by molar-refractivity contribution is -0.465. The van der Waals surface area contributed by atoms with Gasteiger partial charge in [0.2, 0.25) is 11.6 Å². The first kappa shape index (κ1) is 17.5. The molecule has 122 valence electrons. The number of nitrogens with two attached hydrogens (primary N) is 2. The molecule has 0 aliphatic carbocycles. The smallest absolute Gasteiger partial charge is 0.394 e. The van der Waals surface area contributed by atoms with Crippen molar-refractivity contribution in [2.75, 3.05) is 11.5 Å². The third-order valence-corrected chi connectivity index (χ3v) is 2.05. The van der Waals surface area contributed by atoms with Gasteiger partial charge in [-0.3, -0.25) is 0 Å². The number of anilines is 2. The molecule has 0 aliphatic heterocycles. The number of nitrogen functional groups attached to an aromatic ring is 2. The maximum atomic E-state index is 12.0. The topological polar surface area (TPSA) is 155 Å². The normalized spacial score (nSPS) is 14.3. The van der Waals surface area contributed by atoms with Gasteiger partial charge < -0.3 is 21.9 Å². The van der Waals surface area contributed by atoms with E-state index in [1.165, 1.54) is 0 Å². The summed E-state index contributed by atoms with van der Waals surface area (Å²) in [5, 5.41) is 31.8. The maximum Gasteiger partial charge on any atom is 0.394 e. The standard InChI is InChI=1S/C12H22N8O2/c1-11(2,3)17-19(21)9-7(13)15-8(14)10(16-9)20(22)18-12(4,5)6/h1-6H3,(H4,13,14,15). The van der Waals surface area contributed by atoms with Gasteiger partial charge in [0.25, 0.3) is 0 Å². The van der Waals surface area contributed by atoms with Crippen LogP contribution in [-0.4, -0.2) is 30.8 Å². The predicted octanol–water partition coefficient (Wildman–Crippen LogP) is 2.43. The molecule has 0 spiro atoms. The van der Waals surface area contributed by atoms with Crippen LogP contribution in [0.4, 0.5) is 23.3 Å². The Bertz CT molecular complexity index is 574. The molecule has 0 saturated carbocycles. The summed E-state index contributed by atoms with van der Waals surface area (Å²) in [6.07, 6.45) is 0. The van der Waals surface area contributed by atoms with Crippen LogP contribution in [0.1, 0.15) is 41.5 Å². The molecule has 0 aromatic carbocycles. The molecular weight excluding hydrogens is 288 g/mol. The van der Waals surface area contributed by atoms with Crippen LogP contribution in [0.15, 0.2) is 10.2 Å². The number of nitrogens with zero attached hydrogens (tertiary/aromatic N) is 6. The van der Waals surface area contributed by atoms with Crippen molar-refractivity contribution in [1.29, 1.82) is 0 Å². The highest BCUT2D eigenvalue weighted by molar-refractivity contribution is 5.58. The Balaban J connectivity index is 3.44. The van der Waals surface area contributed by atoms with Gasteiger partial charge in [-0.15, -0.1) is 19.9 Å². The van der Waals surface area contributed by atoms with E-state index in [0.717, 1.165) is 0 Å². The average Bonchev–Trinajstić information content (AvgIpc) is 2.23. The largest absolute Gasteiger partial charge is 0.691 e. The van der Waals surface area contributed by atoms with Crippen molar-refractivity contribution < 1.29 is 9.72 Å². The zero-order valence-electron chi connectivity index (χ0n) is 13.7. The van der Waals surface area contributed by atoms with Crippen LogP contribution in [0.2, 0.25) is 0 Å². The Labute approximate surface area is 128 Å². The first-order valence-electron chi connectivity index (χ1n) is 6.63. The van der Waals surface area contributed by atoms with Crippen LogP contribution in [-0.2, 0) is 0 Å². The third-order valence-electron chi connectivity index (χ3n) is 2.05. The molecular formula is C12H22N8O2. The first-order valence-corrected chi connectivity index (χ1v) is 6.63. The molecule has 10 heteroatoms. The summed E-state index contributed by atoms with van der Waals surface area (Å²) in [4.78, 5) is 8.10. The van der Waals surface area contributed by atoms with Crippen LogP contribution in [0.5, 0.6) is 0 Å². The van der Waals surface area contributed by atoms with Crippen molar-refractivity contribution in [1.82, 2.24) is 9.97 Å². The molecule has 0 fully saturated rings. The maximum absolute atomic E-state index is 12.0. The van der Waals surface area contributed by atoms with E-state index >= 15 is 0 Å². The summed E-state index contributed by atoms with van der Waals surface area (Å²) >= 11 is 0. The molecule has 0 radical (unpaired) electrons. The lowest BCUT2D eigenvalue weighted by Gasteiger charge is -2.15. The minimum Gasteiger partial charge on any atom is -0.691 e. The van der Waals surface area contributed by atoms with E-state index in [1.54, 1.807) is 41.5 Å². The number of azo groups is 2. The van der Waals surface area contributed by atoms with Gasteiger partial charge in [-0.2, -0.15) is 4.98 Å². The van der Waals surface area contributed by atoms with Crippen molar-refractivity contribution in [3.05, 3.63) is 10.4 Å².